The molecule has 4 nitrogen and oxygen atoms in total. The van der Waals surface area contributed by atoms with E-state index in [9.17, 15) is 4.79 Å². The molecular weight excluding hydrogens is 132 g/mol. The normalized spacial score (nSPS) is 33.7. The first-order valence-electron chi connectivity index (χ1n) is 3.32. The van der Waals surface area contributed by atoms with Gasteiger partial charge in [-0.15, -0.1) is 0 Å². The third-order valence-electron chi connectivity index (χ3n) is 1.76. The maximum Gasteiger partial charge on any atom is 0.239 e. The molecule has 0 bridgehead atoms. The lowest BCUT2D eigenvalue weighted by atomic mass is 9.93. The minimum absolute atomic E-state index is 0.266. The van der Waals surface area contributed by atoms with Gasteiger partial charge in [0.15, 0.2) is 0 Å². The van der Waals surface area contributed by atoms with Crippen LogP contribution in [0.3, 0.4) is 0 Å². The van der Waals surface area contributed by atoms with Crippen molar-refractivity contribution in [1.29, 1.82) is 0 Å². The summed E-state index contributed by atoms with van der Waals surface area (Å²) in [6.45, 7) is 0.953. The standard InChI is InChI=1S/C6H12N2O2/c7-5(9)6(8)2-1-3-10-4-6/h1-4,8H2,(H2,7,9). The summed E-state index contributed by atoms with van der Waals surface area (Å²) in [4.78, 5) is 10.7. The average molecular weight is 144 g/mol. The Morgan fingerprint density at radius 3 is 2.60 bits per heavy atom. The van der Waals surface area contributed by atoms with Crippen LogP contribution in [0.25, 0.3) is 0 Å². The summed E-state index contributed by atoms with van der Waals surface area (Å²) in [6, 6.07) is 0. The van der Waals surface area contributed by atoms with E-state index in [1.807, 2.05) is 0 Å². The molecule has 1 atom stereocenters. The van der Waals surface area contributed by atoms with Gasteiger partial charge in [-0.25, -0.2) is 0 Å². The highest BCUT2D eigenvalue weighted by Crippen LogP contribution is 2.14. The lowest BCUT2D eigenvalue weighted by Crippen LogP contribution is -2.57. The third-order valence-corrected chi connectivity index (χ3v) is 1.76. The van der Waals surface area contributed by atoms with Crippen LogP contribution < -0.4 is 11.5 Å². The number of rotatable bonds is 1. The lowest BCUT2D eigenvalue weighted by molar-refractivity contribution is -0.127. The first kappa shape index (κ1) is 7.50. The SMILES string of the molecule is NC(=O)C1(N)CCCOC1. The van der Waals surface area contributed by atoms with Crippen LogP contribution in [0.15, 0.2) is 0 Å². The molecule has 0 spiro atoms. The molecule has 4 heteroatoms. The van der Waals surface area contributed by atoms with Gasteiger partial charge in [-0.1, -0.05) is 0 Å². The van der Waals surface area contributed by atoms with Gasteiger partial charge >= 0.3 is 0 Å². The van der Waals surface area contributed by atoms with E-state index in [4.69, 9.17) is 16.2 Å². The van der Waals surface area contributed by atoms with Crippen LogP contribution in [-0.4, -0.2) is 24.7 Å². The summed E-state index contributed by atoms with van der Waals surface area (Å²) in [5.74, 6) is -0.466. The van der Waals surface area contributed by atoms with Gasteiger partial charge in [-0.05, 0) is 12.8 Å². The van der Waals surface area contributed by atoms with Gasteiger partial charge in [0, 0.05) is 6.61 Å². The van der Waals surface area contributed by atoms with Crippen molar-refractivity contribution < 1.29 is 9.53 Å². The molecule has 1 fully saturated rings. The van der Waals surface area contributed by atoms with Crippen LogP contribution in [0, 0.1) is 0 Å². The van der Waals surface area contributed by atoms with E-state index in [0.717, 1.165) is 6.42 Å². The minimum Gasteiger partial charge on any atom is -0.379 e. The first-order valence-corrected chi connectivity index (χ1v) is 3.32. The Kier molecular flexibility index (Phi) is 1.92. The zero-order chi connectivity index (χ0) is 7.61. The van der Waals surface area contributed by atoms with E-state index >= 15 is 0 Å². The van der Waals surface area contributed by atoms with Gasteiger partial charge in [0.2, 0.25) is 5.91 Å². The number of carbonyl (C=O) groups is 1. The molecule has 10 heavy (non-hydrogen) atoms. The predicted molar refractivity (Wildman–Crippen MR) is 36.2 cm³/mol. The van der Waals surface area contributed by atoms with Crippen molar-refractivity contribution >= 4 is 5.91 Å². The van der Waals surface area contributed by atoms with Crippen molar-refractivity contribution in [2.75, 3.05) is 13.2 Å². The van der Waals surface area contributed by atoms with Gasteiger partial charge in [0.25, 0.3) is 0 Å². The second-order valence-electron chi connectivity index (χ2n) is 2.68. The number of amides is 1. The van der Waals surface area contributed by atoms with Gasteiger partial charge < -0.3 is 16.2 Å². The summed E-state index contributed by atoms with van der Waals surface area (Å²) < 4.78 is 5.02. The van der Waals surface area contributed by atoms with Crippen molar-refractivity contribution in [3.8, 4) is 0 Å². The molecule has 0 aromatic rings. The van der Waals surface area contributed by atoms with Crippen molar-refractivity contribution in [3.05, 3.63) is 0 Å². The van der Waals surface area contributed by atoms with E-state index in [2.05, 4.69) is 0 Å². The number of nitrogens with two attached hydrogens (primary N) is 2. The lowest BCUT2D eigenvalue weighted by Gasteiger charge is -2.29. The molecule has 0 aromatic heterocycles. The molecule has 0 radical (unpaired) electrons. The number of primary amides is 1. The fourth-order valence-corrected chi connectivity index (χ4v) is 1.01. The molecule has 1 amide bonds. The summed E-state index contributed by atoms with van der Waals surface area (Å²) in [7, 11) is 0. The Bertz CT molecular complexity index is 141. The molecule has 1 aliphatic heterocycles. The largest absolute Gasteiger partial charge is 0.379 e. The van der Waals surface area contributed by atoms with Crippen molar-refractivity contribution in [2.24, 2.45) is 11.5 Å². The maximum atomic E-state index is 10.7. The molecule has 0 aromatic carbocycles. The second-order valence-corrected chi connectivity index (χ2v) is 2.68. The highest BCUT2D eigenvalue weighted by atomic mass is 16.5. The predicted octanol–water partition coefficient (Wildman–Crippen LogP) is -1.02. The molecule has 1 unspecified atom stereocenters. The van der Waals surface area contributed by atoms with Crippen molar-refractivity contribution in [3.63, 3.8) is 0 Å². The Balaban J connectivity index is 2.56. The minimum atomic E-state index is -0.905. The molecule has 1 saturated heterocycles. The number of carbonyl (C=O) groups excluding carboxylic acids is 1. The third kappa shape index (κ3) is 1.27. The smallest absolute Gasteiger partial charge is 0.239 e. The quantitative estimate of drug-likeness (QED) is 0.494. The summed E-state index contributed by atoms with van der Waals surface area (Å²) in [5, 5.41) is 0. The van der Waals surface area contributed by atoms with Gasteiger partial charge in [-0.3, -0.25) is 4.79 Å². The Morgan fingerprint density at radius 2 is 2.30 bits per heavy atom. The number of ether oxygens (including phenoxy) is 1. The van der Waals surface area contributed by atoms with Crippen LogP contribution in [0.2, 0.25) is 0 Å². The average Bonchev–Trinajstić information content (AvgIpc) is 1.89. The monoisotopic (exact) mass is 144 g/mol. The fourth-order valence-electron chi connectivity index (χ4n) is 1.01. The van der Waals surface area contributed by atoms with Gasteiger partial charge in [0.1, 0.15) is 5.54 Å². The van der Waals surface area contributed by atoms with Crippen LogP contribution in [-0.2, 0) is 9.53 Å². The molecule has 1 aliphatic rings. The highest BCUT2D eigenvalue weighted by Gasteiger charge is 2.33. The van der Waals surface area contributed by atoms with Gasteiger partial charge in [-0.2, -0.15) is 0 Å². The zero-order valence-corrected chi connectivity index (χ0v) is 5.80. The van der Waals surface area contributed by atoms with Crippen LogP contribution in [0.4, 0.5) is 0 Å². The Labute approximate surface area is 59.5 Å². The Morgan fingerprint density at radius 1 is 1.60 bits per heavy atom. The number of hydrogen-bond donors (Lipinski definition) is 2. The van der Waals surface area contributed by atoms with E-state index in [0.29, 0.717) is 13.0 Å². The molecule has 4 N–H and O–H groups in total. The van der Waals surface area contributed by atoms with Crippen molar-refractivity contribution in [2.45, 2.75) is 18.4 Å². The first-order chi connectivity index (χ1) is 4.65. The fraction of sp³-hybridized carbons (Fsp3) is 0.833. The molecule has 0 saturated carbocycles. The molecule has 0 aliphatic carbocycles. The van der Waals surface area contributed by atoms with E-state index in [-0.39, 0.29) is 6.61 Å². The molecule has 58 valence electrons. The summed E-state index contributed by atoms with van der Waals surface area (Å²) in [6.07, 6.45) is 1.46. The van der Waals surface area contributed by atoms with Crippen LogP contribution in [0.1, 0.15) is 12.8 Å². The number of hydrogen-bond acceptors (Lipinski definition) is 3. The van der Waals surface area contributed by atoms with E-state index < -0.39 is 11.4 Å². The molecule has 1 heterocycles. The zero-order valence-electron chi connectivity index (χ0n) is 5.80. The Hall–Kier alpha value is -0.610. The van der Waals surface area contributed by atoms with Crippen LogP contribution >= 0.6 is 0 Å². The van der Waals surface area contributed by atoms with Crippen molar-refractivity contribution in [1.82, 2.24) is 0 Å². The summed E-state index contributed by atoms with van der Waals surface area (Å²) >= 11 is 0. The maximum absolute atomic E-state index is 10.7. The molecule has 1 rings (SSSR count). The van der Waals surface area contributed by atoms with Crippen LogP contribution in [0.5, 0.6) is 0 Å². The second kappa shape index (κ2) is 2.56. The topological polar surface area (TPSA) is 78.3 Å². The highest BCUT2D eigenvalue weighted by molar-refractivity contribution is 5.84. The van der Waals surface area contributed by atoms with Gasteiger partial charge in [0.05, 0.1) is 6.61 Å². The molecular formula is C6H12N2O2. The summed E-state index contributed by atoms with van der Waals surface area (Å²) in [5.41, 5.74) is 9.76. The van der Waals surface area contributed by atoms with E-state index in [1.165, 1.54) is 0 Å². The van der Waals surface area contributed by atoms with E-state index in [1.54, 1.807) is 0 Å².